The summed E-state index contributed by atoms with van der Waals surface area (Å²) in [7, 11) is -1.56. The molecule has 0 aromatic heterocycles. The van der Waals surface area contributed by atoms with Gasteiger partial charge in [-0.2, -0.15) is 0 Å². The summed E-state index contributed by atoms with van der Waals surface area (Å²) in [4.78, 5) is 0. The zero-order chi connectivity index (χ0) is 18.4. The van der Waals surface area contributed by atoms with Crippen LogP contribution in [0.2, 0.25) is 0 Å². The van der Waals surface area contributed by atoms with Crippen molar-refractivity contribution in [3.05, 3.63) is 59.7 Å². The Labute approximate surface area is 145 Å². The molecule has 0 saturated heterocycles. The Morgan fingerprint density at radius 1 is 0.920 bits per heavy atom. The molecule has 2 rings (SSSR count). The number of anilines is 1. The second kappa shape index (κ2) is 8.93. The number of rotatable bonds is 8. The van der Waals surface area contributed by atoms with E-state index < -0.39 is 19.3 Å². The van der Waals surface area contributed by atoms with Gasteiger partial charge < -0.3 is 26.7 Å². The maximum atomic E-state index is 10.3. The highest BCUT2D eigenvalue weighted by atomic mass is 16.9. The van der Waals surface area contributed by atoms with Gasteiger partial charge in [-0.1, -0.05) is 42.5 Å². The van der Waals surface area contributed by atoms with E-state index in [9.17, 15) is 20.4 Å². The smallest absolute Gasteiger partial charge is 0.422 e. The predicted molar refractivity (Wildman–Crippen MR) is 93.9 cm³/mol. The van der Waals surface area contributed by atoms with Crippen LogP contribution in [0.25, 0.3) is 0 Å². The van der Waals surface area contributed by atoms with Gasteiger partial charge in [-0.3, -0.25) is 9.96 Å². The van der Waals surface area contributed by atoms with Gasteiger partial charge in [-0.05, 0) is 17.1 Å². The number of hydrogen-bond donors (Lipinski definition) is 6. The maximum absolute atomic E-state index is 10.3. The van der Waals surface area contributed by atoms with Crippen molar-refractivity contribution in [2.45, 2.75) is 12.2 Å². The van der Waals surface area contributed by atoms with E-state index in [1.54, 1.807) is 42.5 Å². The molecule has 8 N–H and O–H groups in total. The number of hydrogen-bond acceptors (Lipinski definition) is 8. The molecule has 0 fully saturated rings. The summed E-state index contributed by atoms with van der Waals surface area (Å²) in [6.45, 7) is -0.0724. The molecule has 0 amide bonds. The van der Waals surface area contributed by atoms with E-state index in [2.05, 4.69) is 0 Å². The SMILES string of the molecule is NCC(O)c1ccccc1B(O)ON(O)c1ccccc1C(O)CN. The van der Waals surface area contributed by atoms with Gasteiger partial charge in [0.25, 0.3) is 0 Å². The van der Waals surface area contributed by atoms with Crippen molar-refractivity contribution in [2.24, 2.45) is 11.5 Å². The first-order chi connectivity index (χ1) is 12.0. The zero-order valence-corrected chi connectivity index (χ0v) is 13.6. The minimum Gasteiger partial charge on any atom is -0.422 e. The molecular formula is C16H22BN3O5. The molecule has 8 nitrogen and oxygen atoms in total. The molecule has 0 bridgehead atoms. The molecule has 2 aromatic rings. The Hall–Kier alpha value is -1.98. The van der Waals surface area contributed by atoms with Crippen molar-refractivity contribution in [1.82, 2.24) is 0 Å². The molecule has 25 heavy (non-hydrogen) atoms. The highest BCUT2D eigenvalue weighted by Gasteiger charge is 2.27. The summed E-state index contributed by atoms with van der Waals surface area (Å²) in [5.41, 5.74) is 12.0. The van der Waals surface area contributed by atoms with Gasteiger partial charge in [0.2, 0.25) is 0 Å². The lowest BCUT2D eigenvalue weighted by Crippen LogP contribution is -2.43. The topological polar surface area (TPSA) is 145 Å². The van der Waals surface area contributed by atoms with Gasteiger partial charge in [0, 0.05) is 18.7 Å². The van der Waals surface area contributed by atoms with E-state index in [1.807, 2.05) is 0 Å². The Bertz CT molecular complexity index is 633. The molecule has 0 spiro atoms. The summed E-state index contributed by atoms with van der Waals surface area (Å²) in [5, 5.41) is 40.7. The summed E-state index contributed by atoms with van der Waals surface area (Å²) in [6.07, 6.45) is -1.98. The lowest BCUT2D eigenvalue weighted by molar-refractivity contribution is 0.0350. The molecular weight excluding hydrogens is 325 g/mol. The number of nitrogens with two attached hydrogens (primary N) is 2. The van der Waals surface area contributed by atoms with Gasteiger partial charge in [0.15, 0.2) is 0 Å². The second-order valence-corrected chi connectivity index (χ2v) is 5.42. The molecule has 0 heterocycles. The second-order valence-electron chi connectivity index (χ2n) is 5.42. The standard InChI is InChI=1S/C16H22BN3O5/c18-9-15(21)11-5-1-3-7-13(11)17(23)25-20(24)14-8-4-2-6-12(14)16(22)10-19/h1-8,15-16,21-24H,9-10,18-19H2. The normalized spacial score (nSPS) is 13.4. The van der Waals surface area contributed by atoms with E-state index in [0.29, 0.717) is 16.4 Å². The van der Waals surface area contributed by atoms with Crippen LogP contribution in [0, 0.1) is 0 Å². The molecule has 2 unspecified atom stereocenters. The third kappa shape index (κ3) is 4.56. The Morgan fingerprint density at radius 3 is 2.08 bits per heavy atom. The molecule has 134 valence electrons. The monoisotopic (exact) mass is 347 g/mol. The zero-order valence-electron chi connectivity index (χ0n) is 13.6. The molecule has 0 aliphatic heterocycles. The van der Waals surface area contributed by atoms with E-state index in [1.165, 1.54) is 6.07 Å². The fourth-order valence-electron chi connectivity index (χ4n) is 2.44. The van der Waals surface area contributed by atoms with Crippen molar-refractivity contribution in [2.75, 3.05) is 18.3 Å². The van der Waals surface area contributed by atoms with Crippen molar-refractivity contribution in [1.29, 1.82) is 0 Å². The number of aliphatic hydroxyl groups is 2. The van der Waals surface area contributed by atoms with Gasteiger partial charge in [-0.25, -0.2) is 0 Å². The highest BCUT2D eigenvalue weighted by Crippen LogP contribution is 2.25. The van der Waals surface area contributed by atoms with Crippen molar-refractivity contribution in [3.8, 4) is 0 Å². The first-order valence-electron chi connectivity index (χ1n) is 7.77. The minimum atomic E-state index is -1.56. The summed E-state index contributed by atoms with van der Waals surface area (Å²) < 4.78 is 5.13. The average molecular weight is 347 g/mol. The molecule has 2 aromatic carbocycles. The highest BCUT2D eigenvalue weighted by molar-refractivity contribution is 6.60. The van der Waals surface area contributed by atoms with Gasteiger partial charge in [0.1, 0.15) is 0 Å². The van der Waals surface area contributed by atoms with Crippen LogP contribution in [0.3, 0.4) is 0 Å². The third-order valence-corrected chi connectivity index (χ3v) is 3.77. The number of para-hydroxylation sites is 1. The van der Waals surface area contributed by atoms with Crippen LogP contribution >= 0.6 is 0 Å². The van der Waals surface area contributed by atoms with Crippen molar-refractivity contribution < 1.29 is 25.2 Å². The molecule has 0 aliphatic rings. The van der Waals surface area contributed by atoms with E-state index in [-0.39, 0.29) is 24.2 Å². The summed E-state index contributed by atoms with van der Waals surface area (Å²) >= 11 is 0. The fraction of sp³-hybridized carbons (Fsp3) is 0.250. The minimum absolute atomic E-state index is 0.0297. The number of aliphatic hydroxyl groups excluding tert-OH is 2. The fourth-order valence-corrected chi connectivity index (χ4v) is 2.44. The van der Waals surface area contributed by atoms with Crippen molar-refractivity contribution >= 4 is 18.3 Å². The molecule has 9 heteroatoms. The molecule has 2 atom stereocenters. The van der Waals surface area contributed by atoms with Crippen LogP contribution in [-0.2, 0) is 4.76 Å². The van der Waals surface area contributed by atoms with Crippen LogP contribution < -0.4 is 22.2 Å². The Kier molecular flexibility index (Phi) is 6.91. The van der Waals surface area contributed by atoms with Gasteiger partial charge in [0.05, 0.1) is 17.9 Å². The quantitative estimate of drug-likeness (QED) is 0.268. The largest absolute Gasteiger partial charge is 0.518 e. The predicted octanol–water partition coefficient (Wildman–Crippen LogP) is -0.814. The maximum Gasteiger partial charge on any atom is 0.518 e. The molecule has 0 radical (unpaired) electrons. The van der Waals surface area contributed by atoms with Crippen LogP contribution in [0.1, 0.15) is 23.3 Å². The number of benzene rings is 2. The molecule has 0 saturated carbocycles. The Morgan fingerprint density at radius 2 is 1.44 bits per heavy atom. The Balaban J connectivity index is 2.23. The van der Waals surface area contributed by atoms with Crippen LogP contribution in [-0.4, -0.2) is 40.7 Å². The van der Waals surface area contributed by atoms with Crippen LogP contribution in [0.5, 0.6) is 0 Å². The average Bonchev–Trinajstić information content (AvgIpc) is 2.66. The lowest BCUT2D eigenvalue weighted by atomic mass is 9.75. The lowest BCUT2D eigenvalue weighted by Gasteiger charge is -2.23. The molecule has 0 aliphatic carbocycles. The van der Waals surface area contributed by atoms with Gasteiger partial charge >= 0.3 is 7.12 Å². The summed E-state index contributed by atoms with van der Waals surface area (Å²) in [6, 6.07) is 12.9. The van der Waals surface area contributed by atoms with Crippen LogP contribution in [0.4, 0.5) is 5.69 Å². The number of nitrogens with zero attached hydrogens (tertiary/aromatic N) is 1. The van der Waals surface area contributed by atoms with E-state index in [0.717, 1.165) is 0 Å². The van der Waals surface area contributed by atoms with Crippen LogP contribution in [0.15, 0.2) is 48.5 Å². The van der Waals surface area contributed by atoms with E-state index in [4.69, 9.17) is 16.2 Å². The van der Waals surface area contributed by atoms with E-state index >= 15 is 0 Å². The van der Waals surface area contributed by atoms with Crippen molar-refractivity contribution in [3.63, 3.8) is 0 Å². The van der Waals surface area contributed by atoms with Gasteiger partial charge in [-0.15, -0.1) is 5.23 Å². The summed E-state index contributed by atoms with van der Waals surface area (Å²) in [5.74, 6) is 0. The third-order valence-electron chi connectivity index (χ3n) is 3.77. The first kappa shape index (κ1) is 19.4. The first-order valence-corrected chi connectivity index (χ1v) is 7.77.